The van der Waals surface area contributed by atoms with Crippen LogP contribution in [0, 0.1) is 0 Å². The first-order chi connectivity index (χ1) is 10.8. The molecule has 4 heterocycles. The Morgan fingerprint density at radius 3 is 2.36 bits per heavy atom. The minimum atomic E-state index is 0.935. The van der Waals surface area contributed by atoms with Crippen molar-refractivity contribution in [2.75, 3.05) is 36.0 Å². The Labute approximate surface area is 129 Å². The van der Waals surface area contributed by atoms with Gasteiger partial charge in [0.2, 0.25) is 5.95 Å². The molecule has 0 N–H and O–H groups in total. The van der Waals surface area contributed by atoms with Gasteiger partial charge < -0.3 is 9.80 Å². The van der Waals surface area contributed by atoms with E-state index in [1.165, 1.54) is 0 Å². The van der Waals surface area contributed by atoms with Crippen molar-refractivity contribution in [3.8, 4) is 0 Å². The van der Waals surface area contributed by atoms with Crippen LogP contribution in [0.2, 0.25) is 0 Å². The van der Waals surface area contributed by atoms with E-state index in [9.17, 15) is 0 Å². The second-order valence-electron chi connectivity index (χ2n) is 5.48. The van der Waals surface area contributed by atoms with Crippen molar-refractivity contribution in [1.82, 2.24) is 19.5 Å². The van der Waals surface area contributed by atoms with E-state index in [-0.39, 0.29) is 0 Å². The van der Waals surface area contributed by atoms with Crippen LogP contribution in [-0.4, -0.2) is 45.7 Å². The molecule has 3 aromatic rings. The minimum Gasteiger partial charge on any atom is -0.353 e. The standard InChI is InChI=1S/C16H18N6/c1-20-15-13(5-4-8-18-15)19-16(20)22-11-9-21(10-12-22)14-6-2-3-7-17-14/h2-8H,9-12H2,1H3. The number of rotatable bonds is 2. The van der Waals surface area contributed by atoms with Crippen LogP contribution in [0.25, 0.3) is 11.2 Å². The van der Waals surface area contributed by atoms with Gasteiger partial charge in [-0.15, -0.1) is 0 Å². The zero-order valence-electron chi connectivity index (χ0n) is 12.6. The fourth-order valence-corrected chi connectivity index (χ4v) is 2.97. The fourth-order valence-electron chi connectivity index (χ4n) is 2.97. The molecule has 0 atom stereocenters. The van der Waals surface area contributed by atoms with Crippen molar-refractivity contribution < 1.29 is 0 Å². The predicted molar refractivity (Wildman–Crippen MR) is 87.2 cm³/mol. The molecule has 6 heteroatoms. The number of anilines is 2. The molecule has 1 aliphatic heterocycles. The number of hydrogen-bond acceptors (Lipinski definition) is 5. The summed E-state index contributed by atoms with van der Waals surface area (Å²) in [5.41, 5.74) is 1.89. The second kappa shape index (κ2) is 5.29. The normalized spacial score (nSPS) is 15.5. The molecule has 4 rings (SSSR count). The van der Waals surface area contributed by atoms with Gasteiger partial charge in [-0.2, -0.15) is 0 Å². The van der Waals surface area contributed by atoms with Gasteiger partial charge >= 0.3 is 0 Å². The van der Waals surface area contributed by atoms with Crippen molar-refractivity contribution in [2.24, 2.45) is 7.05 Å². The Hall–Kier alpha value is -2.63. The number of fused-ring (bicyclic) bond motifs is 1. The topological polar surface area (TPSA) is 50.1 Å². The summed E-state index contributed by atoms with van der Waals surface area (Å²) in [5, 5.41) is 0. The van der Waals surface area contributed by atoms with Crippen LogP contribution in [0.15, 0.2) is 42.7 Å². The van der Waals surface area contributed by atoms with Gasteiger partial charge in [0.1, 0.15) is 11.3 Å². The molecule has 0 amide bonds. The predicted octanol–water partition coefficient (Wildman–Crippen LogP) is 1.69. The largest absolute Gasteiger partial charge is 0.353 e. The fraction of sp³-hybridized carbons (Fsp3) is 0.312. The second-order valence-corrected chi connectivity index (χ2v) is 5.48. The van der Waals surface area contributed by atoms with E-state index in [0.29, 0.717) is 0 Å². The minimum absolute atomic E-state index is 0.935. The molecular formula is C16H18N6. The highest BCUT2D eigenvalue weighted by Gasteiger charge is 2.22. The molecule has 0 radical (unpaired) electrons. The number of hydrogen-bond donors (Lipinski definition) is 0. The average molecular weight is 294 g/mol. The summed E-state index contributed by atoms with van der Waals surface area (Å²) in [6.45, 7) is 3.78. The lowest BCUT2D eigenvalue weighted by atomic mass is 10.3. The van der Waals surface area contributed by atoms with Gasteiger partial charge in [0.25, 0.3) is 0 Å². The first-order valence-corrected chi connectivity index (χ1v) is 7.51. The average Bonchev–Trinajstić information content (AvgIpc) is 2.93. The van der Waals surface area contributed by atoms with Gasteiger partial charge in [0, 0.05) is 45.6 Å². The zero-order valence-corrected chi connectivity index (χ0v) is 12.6. The van der Waals surface area contributed by atoms with Crippen LogP contribution in [0.4, 0.5) is 11.8 Å². The molecule has 0 aromatic carbocycles. The Morgan fingerprint density at radius 2 is 1.64 bits per heavy atom. The molecule has 0 saturated carbocycles. The molecule has 1 fully saturated rings. The van der Waals surface area contributed by atoms with Crippen LogP contribution in [0.3, 0.4) is 0 Å². The summed E-state index contributed by atoms with van der Waals surface area (Å²) >= 11 is 0. The lowest BCUT2D eigenvalue weighted by Gasteiger charge is -2.35. The lowest BCUT2D eigenvalue weighted by molar-refractivity contribution is 0.627. The van der Waals surface area contributed by atoms with E-state index in [0.717, 1.165) is 49.1 Å². The van der Waals surface area contributed by atoms with Crippen LogP contribution in [0.5, 0.6) is 0 Å². The van der Waals surface area contributed by atoms with Crippen molar-refractivity contribution in [1.29, 1.82) is 0 Å². The van der Waals surface area contributed by atoms with Crippen LogP contribution in [-0.2, 0) is 7.05 Å². The third-order valence-corrected chi connectivity index (χ3v) is 4.14. The van der Waals surface area contributed by atoms with Crippen LogP contribution < -0.4 is 9.80 Å². The van der Waals surface area contributed by atoms with Crippen molar-refractivity contribution in [2.45, 2.75) is 0 Å². The third-order valence-electron chi connectivity index (χ3n) is 4.14. The monoisotopic (exact) mass is 294 g/mol. The first kappa shape index (κ1) is 13.1. The summed E-state index contributed by atoms with van der Waals surface area (Å²) in [6.07, 6.45) is 3.66. The zero-order chi connectivity index (χ0) is 14.9. The maximum atomic E-state index is 4.73. The summed E-state index contributed by atoms with van der Waals surface area (Å²) in [4.78, 5) is 18.2. The van der Waals surface area contributed by atoms with Gasteiger partial charge in [0.15, 0.2) is 5.65 Å². The molecule has 1 saturated heterocycles. The summed E-state index contributed by atoms with van der Waals surface area (Å²) in [5.74, 6) is 2.04. The van der Waals surface area contributed by atoms with Gasteiger partial charge in [-0.25, -0.2) is 15.0 Å². The van der Waals surface area contributed by atoms with Gasteiger partial charge in [-0.1, -0.05) is 6.07 Å². The SMILES string of the molecule is Cn1c(N2CCN(c3ccccn3)CC2)nc2cccnc21. The molecular weight excluding hydrogens is 276 g/mol. The first-order valence-electron chi connectivity index (χ1n) is 7.51. The Balaban J connectivity index is 1.54. The maximum Gasteiger partial charge on any atom is 0.207 e. The van der Waals surface area contributed by atoms with Gasteiger partial charge in [-0.3, -0.25) is 4.57 Å². The number of imidazole rings is 1. The number of pyridine rings is 2. The van der Waals surface area contributed by atoms with E-state index in [2.05, 4.69) is 30.4 Å². The molecule has 0 spiro atoms. The molecule has 112 valence electrons. The van der Waals surface area contributed by atoms with E-state index in [1.54, 1.807) is 0 Å². The van der Waals surface area contributed by atoms with Gasteiger partial charge in [-0.05, 0) is 24.3 Å². The molecule has 0 unspecified atom stereocenters. The Kier molecular flexibility index (Phi) is 3.14. The highest BCUT2D eigenvalue weighted by molar-refractivity contribution is 5.74. The van der Waals surface area contributed by atoms with E-state index >= 15 is 0 Å². The number of aromatic nitrogens is 4. The quantitative estimate of drug-likeness (QED) is 0.720. The highest BCUT2D eigenvalue weighted by atomic mass is 15.4. The van der Waals surface area contributed by atoms with Gasteiger partial charge in [0.05, 0.1) is 0 Å². The van der Waals surface area contributed by atoms with Crippen LogP contribution in [0.1, 0.15) is 0 Å². The van der Waals surface area contributed by atoms with Crippen molar-refractivity contribution in [3.05, 3.63) is 42.7 Å². The summed E-state index contributed by atoms with van der Waals surface area (Å²) in [6, 6.07) is 9.99. The maximum absolute atomic E-state index is 4.73. The number of aryl methyl sites for hydroxylation is 1. The molecule has 22 heavy (non-hydrogen) atoms. The highest BCUT2D eigenvalue weighted by Crippen LogP contribution is 2.21. The lowest BCUT2D eigenvalue weighted by Crippen LogP contribution is -2.47. The smallest absolute Gasteiger partial charge is 0.207 e. The summed E-state index contributed by atoms with van der Waals surface area (Å²) < 4.78 is 2.08. The molecule has 1 aliphatic rings. The molecule has 0 bridgehead atoms. The van der Waals surface area contributed by atoms with E-state index in [1.807, 2.05) is 43.7 Å². The van der Waals surface area contributed by atoms with E-state index in [4.69, 9.17) is 4.98 Å². The summed E-state index contributed by atoms with van der Waals surface area (Å²) in [7, 11) is 2.03. The third kappa shape index (κ3) is 2.16. The Morgan fingerprint density at radius 1 is 0.864 bits per heavy atom. The van der Waals surface area contributed by atoms with Crippen molar-refractivity contribution in [3.63, 3.8) is 0 Å². The molecule has 3 aromatic heterocycles. The molecule has 0 aliphatic carbocycles. The Bertz CT molecular complexity index is 774. The van der Waals surface area contributed by atoms with Crippen LogP contribution >= 0.6 is 0 Å². The molecule has 6 nitrogen and oxygen atoms in total. The number of piperazine rings is 1. The number of nitrogens with zero attached hydrogens (tertiary/aromatic N) is 6. The van der Waals surface area contributed by atoms with E-state index < -0.39 is 0 Å². The van der Waals surface area contributed by atoms with Crippen molar-refractivity contribution >= 4 is 22.9 Å².